The molecular weight excluding hydrogens is 244 g/mol. The lowest BCUT2D eigenvalue weighted by Crippen LogP contribution is -2.12. The lowest BCUT2D eigenvalue weighted by Gasteiger charge is -2.16. The van der Waals surface area contributed by atoms with E-state index < -0.39 is 0 Å². The van der Waals surface area contributed by atoms with Crippen molar-refractivity contribution in [2.75, 3.05) is 12.5 Å². The van der Waals surface area contributed by atoms with Gasteiger partial charge in [-0.25, -0.2) is 0 Å². The van der Waals surface area contributed by atoms with Gasteiger partial charge in [-0.15, -0.1) is 11.6 Å². The first kappa shape index (κ1) is 13.0. The van der Waals surface area contributed by atoms with Gasteiger partial charge in [0, 0.05) is 11.8 Å². The SMILES string of the molecule is Cc1ccccc1OC[C@H](CCl)c1ccccc1. The van der Waals surface area contributed by atoms with Crippen LogP contribution in [-0.4, -0.2) is 12.5 Å². The molecule has 0 unspecified atom stereocenters. The van der Waals surface area contributed by atoms with Crippen molar-refractivity contribution in [2.24, 2.45) is 0 Å². The highest BCUT2D eigenvalue weighted by molar-refractivity contribution is 6.18. The number of halogens is 1. The Morgan fingerprint density at radius 3 is 2.33 bits per heavy atom. The monoisotopic (exact) mass is 260 g/mol. The van der Waals surface area contributed by atoms with E-state index in [2.05, 4.69) is 12.1 Å². The zero-order valence-corrected chi connectivity index (χ0v) is 11.2. The predicted molar refractivity (Wildman–Crippen MR) is 76.6 cm³/mol. The van der Waals surface area contributed by atoms with Gasteiger partial charge < -0.3 is 4.74 Å². The summed E-state index contributed by atoms with van der Waals surface area (Å²) in [6.07, 6.45) is 0. The number of hydrogen-bond donors (Lipinski definition) is 0. The Morgan fingerprint density at radius 2 is 1.67 bits per heavy atom. The fourth-order valence-electron chi connectivity index (χ4n) is 1.86. The number of aryl methyl sites for hydroxylation is 1. The van der Waals surface area contributed by atoms with E-state index in [1.54, 1.807) is 0 Å². The Morgan fingerprint density at radius 1 is 1.00 bits per heavy atom. The summed E-state index contributed by atoms with van der Waals surface area (Å²) in [5.41, 5.74) is 2.37. The molecule has 2 aromatic carbocycles. The summed E-state index contributed by atoms with van der Waals surface area (Å²) in [6.45, 7) is 2.66. The number of ether oxygens (including phenoxy) is 1. The fourth-order valence-corrected chi connectivity index (χ4v) is 2.13. The van der Waals surface area contributed by atoms with Gasteiger partial charge >= 0.3 is 0 Å². The third-order valence-electron chi connectivity index (χ3n) is 2.99. The second-order valence-electron chi connectivity index (χ2n) is 4.34. The van der Waals surface area contributed by atoms with Crippen molar-refractivity contribution in [2.45, 2.75) is 12.8 Å². The van der Waals surface area contributed by atoms with Crippen molar-refractivity contribution in [3.63, 3.8) is 0 Å². The van der Waals surface area contributed by atoms with E-state index in [0.717, 1.165) is 11.3 Å². The lowest BCUT2D eigenvalue weighted by atomic mass is 10.0. The quantitative estimate of drug-likeness (QED) is 0.724. The number of alkyl halides is 1. The fraction of sp³-hybridized carbons (Fsp3) is 0.250. The molecule has 18 heavy (non-hydrogen) atoms. The highest BCUT2D eigenvalue weighted by atomic mass is 35.5. The number of benzene rings is 2. The molecule has 0 fully saturated rings. The third kappa shape index (κ3) is 3.27. The molecule has 0 spiro atoms. The van der Waals surface area contributed by atoms with Gasteiger partial charge in [0.15, 0.2) is 0 Å². The largest absolute Gasteiger partial charge is 0.493 e. The summed E-state index contributed by atoms with van der Waals surface area (Å²) in [4.78, 5) is 0. The Bertz CT molecular complexity index is 481. The molecule has 0 saturated heterocycles. The smallest absolute Gasteiger partial charge is 0.122 e. The zero-order valence-electron chi connectivity index (χ0n) is 10.5. The van der Waals surface area contributed by atoms with Crippen LogP contribution >= 0.6 is 11.6 Å². The van der Waals surface area contributed by atoms with E-state index in [4.69, 9.17) is 16.3 Å². The van der Waals surface area contributed by atoms with Crippen LogP contribution in [0.3, 0.4) is 0 Å². The van der Waals surface area contributed by atoms with Gasteiger partial charge in [0.1, 0.15) is 5.75 Å². The van der Waals surface area contributed by atoms with Crippen LogP contribution < -0.4 is 4.74 Å². The molecule has 0 aliphatic carbocycles. The van der Waals surface area contributed by atoms with E-state index in [1.165, 1.54) is 5.56 Å². The van der Waals surface area contributed by atoms with Crippen LogP contribution in [0.4, 0.5) is 0 Å². The van der Waals surface area contributed by atoms with Crippen LogP contribution in [0.5, 0.6) is 5.75 Å². The summed E-state index contributed by atoms with van der Waals surface area (Å²) >= 11 is 6.03. The zero-order chi connectivity index (χ0) is 12.8. The topological polar surface area (TPSA) is 9.23 Å². The van der Waals surface area contributed by atoms with Gasteiger partial charge in [0.05, 0.1) is 6.61 Å². The third-order valence-corrected chi connectivity index (χ3v) is 3.36. The van der Waals surface area contributed by atoms with E-state index in [0.29, 0.717) is 12.5 Å². The Balaban J connectivity index is 2.02. The molecule has 0 N–H and O–H groups in total. The van der Waals surface area contributed by atoms with Crippen LogP contribution in [0.2, 0.25) is 0 Å². The Labute approximate surface area is 113 Å². The van der Waals surface area contributed by atoms with Crippen LogP contribution in [0, 0.1) is 6.92 Å². The van der Waals surface area contributed by atoms with Gasteiger partial charge in [-0.3, -0.25) is 0 Å². The summed E-state index contributed by atoms with van der Waals surface area (Å²) in [5.74, 6) is 1.73. The number of hydrogen-bond acceptors (Lipinski definition) is 1. The van der Waals surface area contributed by atoms with Crippen LogP contribution in [-0.2, 0) is 0 Å². The molecule has 0 heterocycles. The van der Waals surface area contributed by atoms with Gasteiger partial charge in [-0.05, 0) is 24.1 Å². The molecular formula is C16H17ClO. The molecule has 1 nitrogen and oxygen atoms in total. The molecule has 2 heteroatoms. The van der Waals surface area contributed by atoms with Gasteiger partial charge in [0.25, 0.3) is 0 Å². The average molecular weight is 261 g/mol. The second-order valence-corrected chi connectivity index (χ2v) is 4.65. The highest BCUT2D eigenvalue weighted by Gasteiger charge is 2.11. The van der Waals surface area contributed by atoms with Crippen molar-refractivity contribution < 1.29 is 4.74 Å². The van der Waals surface area contributed by atoms with E-state index >= 15 is 0 Å². The first-order valence-corrected chi connectivity index (χ1v) is 6.64. The number of rotatable bonds is 5. The Kier molecular flexibility index (Phi) is 4.66. The van der Waals surface area contributed by atoms with E-state index in [1.807, 2.05) is 49.4 Å². The van der Waals surface area contributed by atoms with Crippen LogP contribution in [0.1, 0.15) is 17.0 Å². The molecule has 0 aromatic heterocycles. The minimum absolute atomic E-state index is 0.229. The summed E-state index contributed by atoms with van der Waals surface area (Å²) < 4.78 is 5.86. The van der Waals surface area contributed by atoms with E-state index in [9.17, 15) is 0 Å². The van der Waals surface area contributed by atoms with Gasteiger partial charge in [-0.2, -0.15) is 0 Å². The molecule has 2 aromatic rings. The molecule has 94 valence electrons. The summed E-state index contributed by atoms with van der Waals surface area (Å²) in [5, 5.41) is 0. The predicted octanol–water partition coefficient (Wildman–Crippen LogP) is 4.40. The molecule has 0 bridgehead atoms. The summed E-state index contributed by atoms with van der Waals surface area (Å²) in [6, 6.07) is 18.3. The van der Waals surface area contributed by atoms with Crippen molar-refractivity contribution in [3.05, 3.63) is 65.7 Å². The molecule has 0 saturated carbocycles. The first-order chi connectivity index (χ1) is 8.81. The van der Waals surface area contributed by atoms with Crippen molar-refractivity contribution >= 4 is 11.6 Å². The molecule has 1 atom stereocenters. The van der Waals surface area contributed by atoms with E-state index in [-0.39, 0.29) is 5.92 Å². The minimum atomic E-state index is 0.229. The maximum atomic E-state index is 6.03. The second kappa shape index (κ2) is 6.46. The molecule has 0 amide bonds. The lowest BCUT2D eigenvalue weighted by molar-refractivity contribution is 0.295. The van der Waals surface area contributed by atoms with Gasteiger partial charge in [-0.1, -0.05) is 48.5 Å². The molecule has 0 aliphatic heterocycles. The van der Waals surface area contributed by atoms with Crippen LogP contribution in [0.15, 0.2) is 54.6 Å². The molecule has 2 rings (SSSR count). The maximum absolute atomic E-state index is 6.03. The number of para-hydroxylation sites is 1. The maximum Gasteiger partial charge on any atom is 0.122 e. The Hall–Kier alpha value is -1.47. The minimum Gasteiger partial charge on any atom is -0.493 e. The summed E-state index contributed by atoms with van der Waals surface area (Å²) in [7, 11) is 0. The van der Waals surface area contributed by atoms with Crippen molar-refractivity contribution in [3.8, 4) is 5.75 Å². The van der Waals surface area contributed by atoms with Crippen molar-refractivity contribution in [1.29, 1.82) is 0 Å². The normalized spacial score (nSPS) is 12.1. The van der Waals surface area contributed by atoms with Crippen molar-refractivity contribution in [1.82, 2.24) is 0 Å². The van der Waals surface area contributed by atoms with Crippen LogP contribution in [0.25, 0.3) is 0 Å². The average Bonchev–Trinajstić information content (AvgIpc) is 2.42. The molecule has 0 radical (unpaired) electrons. The highest BCUT2D eigenvalue weighted by Crippen LogP contribution is 2.21. The van der Waals surface area contributed by atoms with Gasteiger partial charge in [0.2, 0.25) is 0 Å². The molecule has 0 aliphatic rings. The first-order valence-electron chi connectivity index (χ1n) is 6.10. The standard InChI is InChI=1S/C16H17ClO/c1-13-7-5-6-10-16(13)18-12-15(11-17)14-8-3-2-4-9-14/h2-10,15H,11-12H2,1H3/t15-/m0/s1.